The molecule has 0 spiro atoms. The first-order valence-electron chi connectivity index (χ1n) is 5.88. The van der Waals surface area contributed by atoms with Gasteiger partial charge in [-0.1, -0.05) is 0 Å². The van der Waals surface area contributed by atoms with Crippen molar-refractivity contribution in [3.63, 3.8) is 0 Å². The molecule has 0 radical (unpaired) electrons. The van der Waals surface area contributed by atoms with Crippen molar-refractivity contribution in [3.8, 4) is 0 Å². The summed E-state index contributed by atoms with van der Waals surface area (Å²) in [5, 5.41) is 23.1. The molecule has 98 valence electrons. The van der Waals surface area contributed by atoms with Gasteiger partial charge in [0.15, 0.2) is 0 Å². The number of pyridine rings is 1. The summed E-state index contributed by atoms with van der Waals surface area (Å²) in [4.78, 5) is 14.2. The van der Waals surface area contributed by atoms with Crippen LogP contribution in [0.1, 0.15) is 19.3 Å². The second kappa shape index (κ2) is 5.18. The third kappa shape index (κ3) is 3.07. The summed E-state index contributed by atoms with van der Waals surface area (Å²) in [6.45, 7) is 0.644. The summed E-state index contributed by atoms with van der Waals surface area (Å²) >= 11 is 0. The predicted octanol–water partition coefficient (Wildman–Crippen LogP) is 1.14. The van der Waals surface area contributed by atoms with Gasteiger partial charge < -0.3 is 16.2 Å². The van der Waals surface area contributed by atoms with Crippen LogP contribution in [0, 0.1) is 16.0 Å². The maximum atomic E-state index is 10.7. The van der Waals surface area contributed by atoms with Gasteiger partial charge in [0.2, 0.25) is 0 Å². The summed E-state index contributed by atoms with van der Waals surface area (Å²) in [5.74, 6) is 0.906. The van der Waals surface area contributed by atoms with E-state index in [2.05, 4.69) is 10.3 Å². The molecule has 7 nitrogen and oxygen atoms in total. The molecule has 2 unspecified atom stereocenters. The number of hydrogen-bond acceptors (Lipinski definition) is 6. The Balaban J connectivity index is 1.98. The molecule has 0 aromatic carbocycles. The minimum atomic E-state index is -0.497. The number of aromatic nitrogens is 1. The zero-order valence-electron chi connectivity index (χ0n) is 9.87. The molecule has 0 aliphatic heterocycles. The van der Waals surface area contributed by atoms with Crippen LogP contribution in [-0.4, -0.2) is 27.7 Å². The molecule has 1 fully saturated rings. The highest BCUT2D eigenvalue weighted by atomic mass is 16.6. The summed E-state index contributed by atoms with van der Waals surface area (Å²) in [6, 6.07) is 2.59. The number of aliphatic hydroxyl groups excluding tert-OH is 1. The minimum Gasteiger partial charge on any atom is -0.393 e. The normalized spacial score (nSPS) is 22.9. The Bertz CT molecular complexity index is 452. The number of hydrogen-bond donors (Lipinski definition) is 3. The van der Waals surface area contributed by atoms with Crippen molar-refractivity contribution in [2.24, 2.45) is 5.92 Å². The number of nitrogens with one attached hydrogen (secondary N) is 1. The molecule has 7 heteroatoms. The van der Waals surface area contributed by atoms with Crippen LogP contribution in [0.4, 0.5) is 17.3 Å². The maximum Gasteiger partial charge on any atom is 0.276 e. The second-order valence-electron chi connectivity index (χ2n) is 4.61. The number of aliphatic hydroxyl groups is 1. The monoisotopic (exact) mass is 252 g/mol. The Morgan fingerprint density at radius 2 is 2.33 bits per heavy atom. The third-order valence-electron chi connectivity index (χ3n) is 3.13. The Morgan fingerprint density at radius 3 is 2.94 bits per heavy atom. The standard InChI is InChI=1S/C11H16N4O3/c12-10-4-8(15(17)18)5-11(14-10)13-6-7-1-2-9(16)3-7/h4-5,7,9,16H,1-3,6H2,(H3,12,13,14). The second-order valence-corrected chi connectivity index (χ2v) is 4.61. The minimum absolute atomic E-state index is 0.0727. The van der Waals surface area contributed by atoms with E-state index in [1.54, 1.807) is 0 Å². The fourth-order valence-corrected chi connectivity index (χ4v) is 2.22. The SMILES string of the molecule is Nc1cc([N+](=O)[O-])cc(NCC2CCC(O)C2)n1. The highest BCUT2D eigenvalue weighted by Crippen LogP contribution is 2.26. The molecule has 1 heterocycles. The maximum absolute atomic E-state index is 10.7. The van der Waals surface area contributed by atoms with Gasteiger partial charge in [-0.3, -0.25) is 10.1 Å². The van der Waals surface area contributed by atoms with Crippen LogP contribution < -0.4 is 11.1 Å². The summed E-state index contributed by atoms with van der Waals surface area (Å²) in [7, 11) is 0. The lowest BCUT2D eigenvalue weighted by Crippen LogP contribution is -2.14. The molecule has 4 N–H and O–H groups in total. The topological polar surface area (TPSA) is 114 Å². The van der Waals surface area contributed by atoms with Gasteiger partial charge >= 0.3 is 0 Å². The van der Waals surface area contributed by atoms with E-state index < -0.39 is 4.92 Å². The fourth-order valence-electron chi connectivity index (χ4n) is 2.22. The molecule has 1 aromatic rings. The van der Waals surface area contributed by atoms with E-state index in [4.69, 9.17) is 5.73 Å². The van der Waals surface area contributed by atoms with Crippen LogP contribution in [0.5, 0.6) is 0 Å². The lowest BCUT2D eigenvalue weighted by molar-refractivity contribution is -0.384. The van der Waals surface area contributed by atoms with Gasteiger partial charge in [0, 0.05) is 6.54 Å². The first kappa shape index (κ1) is 12.6. The molecule has 1 saturated carbocycles. The van der Waals surface area contributed by atoms with Crippen molar-refractivity contribution >= 4 is 17.3 Å². The smallest absolute Gasteiger partial charge is 0.276 e. The summed E-state index contributed by atoms with van der Waals surface area (Å²) in [6.07, 6.45) is 2.31. The van der Waals surface area contributed by atoms with E-state index in [1.807, 2.05) is 0 Å². The Morgan fingerprint density at radius 1 is 1.56 bits per heavy atom. The van der Waals surface area contributed by atoms with Crippen molar-refractivity contribution in [1.82, 2.24) is 4.98 Å². The molecule has 0 amide bonds. The van der Waals surface area contributed by atoms with Gasteiger partial charge in [-0.15, -0.1) is 0 Å². The van der Waals surface area contributed by atoms with E-state index in [9.17, 15) is 15.2 Å². The number of anilines is 2. The van der Waals surface area contributed by atoms with Gasteiger partial charge in [-0.25, -0.2) is 4.98 Å². The van der Waals surface area contributed by atoms with Crippen LogP contribution >= 0.6 is 0 Å². The van der Waals surface area contributed by atoms with E-state index in [0.29, 0.717) is 18.3 Å². The molecule has 1 aliphatic carbocycles. The van der Waals surface area contributed by atoms with Gasteiger partial charge in [0.1, 0.15) is 11.6 Å². The first-order valence-corrected chi connectivity index (χ1v) is 5.88. The lowest BCUT2D eigenvalue weighted by Gasteiger charge is -2.11. The molecule has 1 aromatic heterocycles. The predicted molar refractivity (Wildman–Crippen MR) is 67.1 cm³/mol. The van der Waals surface area contributed by atoms with Crippen LogP contribution in [0.2, 0.25) is 0 Å². The van der Waals surface area contributed by atoms with Crippen molar-refractivity contribution in [2.45, 2.75) is 25.4 Å². The highest BCUT2D eigenvalue weighted by Gasteiger charge is 2.22. The van der Waals surface area contributed by atoms with E-state index in [0.717, 1.165) is 19.3 Å². The zero-order valence-corrected chi connectivity index (χ0v) is 9.87. The Labute approximate surface area is 104 Å². The van der Waals surface area contributed by atoms with Crippen LogP contribution in [-0.2, 0) is 0 Å². The van der Waals surface area contributed by atoms with Gasteiger partial charge in [0.05, 0.1) is 23.2 Å². The lowest BCUT2D eigenvalue weighted by atomic mass is 10.1. The van der Waals surface area contributed by atoms with Crippen molar-refractivity contribution in [1.29, 1.82) is 0 Å². The quantitative estimate of drug-likeness (QED) is 0.547. The summed E-state index contributed by atoms with van der Waals surface area (Å²) in [5.41, 5.74) is 5.43. The molecule has 18 heavy (non-hydrogen) atoms. The molecule has 1 aliphatic rings. The highest BCUT2D eigenvalue weighted by molar-refractivity contribution is 5.52. The van der Waals surface area contributed by atoms with Crippen molar-refractivity contribution < 1.29 is 10.0 Å². The van der Waals surface area contributed by atoms with Gasteiger partial charge in [-0.2, -0.15) is 0 Å². The Kier molecular flexibility index (Phi) is 3.61. The fraction of sp³-hybridized carbons (Fsp3) is 0.545. The van der Waals surface area contributed by atoms with E-state index >= 15 is 0 Å². The number of rotatable bonds is 4. The average molecular weight is 252 g/mol. The number of nitro groups is 1. The van der Waals surface area contributed by atoms with Crippen LogP contribution in [0.25, 0.3) is 0 Å². The molecular formula is C11H16N4O3. The van der Waals surface area contributed by atoms with E-state index in [1.165, 1.54) is 12.1 Å². The Hall–Kier alpha value is -1.89. The van der Waals surface area contributed by atoms with Crippen LogP contribution in [0.3, 0.4) is 0 Å². The largest absolute Gasteiger partial charge is 0.393 e. The van der Waals surface area contributed by atoms with Gasteiger partial charge in [0.25, 0.3) is 5.69 Å². The van der Waals surface area contributed by atoms with Crippen LogP contribution in [0.15, 0.2) is 12.1 Å². The molecule has 2 atom stereocenters. The molecule has 0 bridgehead atoms. The van der Waals surface area contributed by atoms with Crippen molar-refractivity contribution in [3.05, 3.63) is 22.2 Å². The van der Waals surface area contributed by atoms with E-state index in [-0.39, 0.29) is 17.6 Å². The summed E-state index contributed by atoms with van der Waals surface area (Å²) < 4.78 is 0. The number of nitrogens with two attached hydrogens (primary N) is 1. The molecular weight excluding hydrogens is 236 g/mol. The third-order valence-corrected chi connectivity index (χ3v) is 3.13. The first-order chi connectivity index (χ1) is 8.54. The molecule has 0 saturated heterocycles. The average Bonchev–Trinajstić information content (AvgIpc) is 2.72. The molecule has 2 rings (SSSR count). The van der Waals surface area contributed by atoms with Crippen molar-refractivity contribution in [2.75, 3.05) is 17.6 Å². The van der Waals surface area contributed by atoms with Gasteiger partial charge in [-0.05, 0) is 25.2 Å². The number of nitrogens with zero attached hydrogens (tertiary/aromatic N) is 2. The zero-order chi connectivity index (χ0) is 13.1. The number of nitrogen functional groups attached to an aromatic ring is 1.